The zero-order valence-electron chi connectivity index (χ0n) is 19.2. The average Bonchev–Trinajstić information content (AvgIpc) is 3.14. The SMILES string of the molecule is [C-]#[N+]c1ccc(-c2nc(OCC3CCCCCC3)n(C)c(=O)c2-c2ccc(OC)cc2)cc1. The highest BCUT2D eigenvalue weighted by Gasteiger charge is 2.20. The molecule has 6 heteroatoms. The monoisotopic (exact) mass is 443 g/mol. The lowest BCUT2D eigenvalue weighted by molar-refractivity contribution is 0.209. The number of nitrogens with zero attached hydrogens (tertiary/aromatic N) is 3. The summed E-state index contributed by atoms with van der Waals surface area (Å²) in [4.78, 5) is 21.8. The largest absolute Gasteiger partial charge is 0.497 e. The third-order valence-corrected chi connectivity index (χ3v) is 6.32. The Labute approximate surface area is 194 Å². The summed E-state index contributed by atoms with van der Waals surface area (Å²) in [6, 6.07) is 14.9. The molecule has 0 radical (unpaired) electrons. The van der Waals surface area contributed by atoms with Gasteiger partial charge in [0.05, 0.1) is 31.5 Å². The molecule has 0 bridgehead atoms. The van der Waals surface area contributed by atoms with Gasteiger partial charge in [-0.3, -0.25) is 9.36 Å². The van der Waals surface area contributed by atoms with E-state index >= 15 is 0 Å². The summed E-state index contributed by atoms with van der Waals surface area (Å²) < 4.78 is 12.9. The fraction of sp³-hybridized carbons (Fsp3) is 0.370. The number of hydrogen-bond acceptors (Lipinski definition) is 4. The summed E-state index contributed by atoms with van der Waals surface area (Å²) in [6.07, 6.45) is 7.35. The number of methoxy groups -OCH3 is 1. The van der Waals surface area contributed by atoms with Crippen LogP contribution in [0.1, 0.15) is 38.5 Å². The lowest BCUT2D eigenvalue weighted by Crippen LogP contribution is -2.25. The molecule has 6 nitrogen and oxygen atoms in total. The predicted molar refractivity (Wildman–Crippen MR) is 130 cm³/mol. The van der Waals surface area contributed by atoms with E-state index in [0.29, 0.717) is 35.5 Å². The molecular formula is C27H29N3O3. The molecule has 0 N–H and O–H groups in total. The van der Waals surface area contributed by atoms with Crippen molar-refractivity contribution < 1.29 is 9.47 Å². The van der Waals surface area contributed by atoms with Gasteiger partial charge in [0.2, 0.25) is 0 Å². The average molecular weight is 444 g/mol. The van der Waals surface area contributed by atoms with Crippen LogP contribution >= 0.6 is 0 Å². The van der Waals surface area contributed by atoms with Gasteiger partial charge in [0.1, 0.15) is 5.75 Å². The molecule has 0 saturated heterocycles. The molecule has 0 amide bonds. The van der Waals surface area contributed by atoms with Crippen molar-refractivity contribution in [3.8, 4) is 34.1 Å². The quantitative estimate of drug-likeness (QED) is 0.345. The third kappa shape index (κ3) is 5.09. The Hall–Kier alpha value is -3.59. The van der Waals surface area contributed by atoms with Gasteiger partial charge in [-0.05, 0) is 42.0 Å². The first-order valence-electron chi connectivity index (χ1n) is 11.5. The van der Waals surface area contributed by atoms with Gasteiger partial charge in [-0.25, -0.2) is 4.85 Å². The van der Waals surface area contributed by atoms with Gasteiger partial charge in [-0.15, -0.1) is 0 Å². The Bertz CT molecular complexity index is 1180. The molecule has 2 aromatic carbocycles. The van der Waals surface area contributed by atoms with Crippen LogP contribution in [0.25, 0.3) is 27.2 Å². The number of rotatable bonds is 6. The van der Waals surface area contributed by atoms with Crippen molar-refractivity contribution in [3.63, 3.8) is 0 Å². The van der Waals surface area contributed by atoms with Crippen molar-refractivity contribution in [2.24, 2.45) is 13.0 Å². The first kappa shape index (κ1) is 22.6. The Kier molecular flexibility index (Phi) is 7.09. The lowest BCUT2D eigenvalue weighted by atomic mass is 10.00. The van der Waals surface area contributed by atoms with Crippen molar-refractivity contribution in [2.45, 2.75) is 38.5 Å². The van der Waals surface area contributed by atoms with Gasteiger partial charge in [0, 0.05) is 7.05 Å². The number of hydrogen-bond donors (Lipinski definition) is 0. The summed E-state index contributed by atoms with van der Waals surface area (Å²) in [5.41, 5.74) is 2.94. The Morgan fingerprint density at radius 1 is 1.00 bits per heavy atom. The van der Waals surface area contributed by atoms with E-state index in [1.54, 1.807) is 26.3 Å². The van der Waals surface area contributed by atoms with Gasteiger partial charge >= 0.3 is 0 Å². The van der Waals surface area contributed by atoms with E-state index in [1.807, 2.05) is 36.4 Å². The van der Waals surface area contributed by atoms with Crippen molar-refractivity contribution in [1.82, 2.24) is 9.55 Å². The summed E-state index contributed by atoms with van der Waals surface area (Å²) in [7, 11) is 3.32. The highest BCUT2D eigenvalue weighted by Crippen LogP contribution is 2.32. The van der Waals surface area contributed by atoms with Gasteiger partial charge < -0.3 is 9.47 Å². The van der Waals surface area contributed by atoms with Crippen LogP contribution in [0.2, 0.25) is 0 Å². The molecule has 33 heavy (non-hydrogen) atoms. The fourth-order valence-electron chi connectivity index (χ4n) is 4.36. The molecule has 1 aromatic heterocycles. The molecule has 170 valence electrons. The number of ether oxygens (including phenoxy) is 2. The van der Waals surface area contributed by atoms with Crippen molar-refractivity contribution in [3.05, 3.63) is 70.3 Å². The molecule has 1 aliphatic carbocycles. The lowest BCUT2D eigenvalue weighted by Gasteiger charge is -2.18. The minimum absolute atomic E-state index is 0.171. The molecule has 0 atom stereocenters. The molecule has 1 aliphatic rings. The second kappa shape index (κ2) is 10.4. The minimum Gasteiger partial charge on any atom is -0.497 e. The van der Waals surface area contributed by atoms with E-state index in [1.165, 1.54) is 30.3 Å². The predicted octanol–water partition coefficient (Wildman–Crippen LogP) is 6.02. The minimum atomic E-state index is -0.171. The molecule has 1 fully saturated rings. The van der Waals surface area contributed by atoms with Gasteiger partial charge in [0.15, 0.2) is 5.69 Å². The highest BCUT2D eigenvalue weighted by atomic mass is 16.5. The standard InChI is InChI=1S/C27H29N3O3/c1-28-22-14-10-21(11-15-22)25-24(20-12-16-23(32-3)17-13-20)26(31)30(2)27(29-25)33-18-19-8-6-4-5-7-9-19/h10-17,19H,4-9,18H2,2-3H3. The summed E-state index contributed by atoms with van der Waals surface area (Å²) in [6.45, 7) is 7.79. The maximum absolute atomic E-state index is 13.5. The fourth-order valence-corrected chi connectivity index (χ4v) is 4.36. The van der Waals surface area contributed by atoms with E-state index in [2.05, 4.69) is 4.85 Å². The third-order valence-electron chi connectivity index (χ3n) is 6.32. The van der Waals surface area contributed by atoms with Gasteiger partial charge in [0.25, 0.3) is 11.6 Å². The van der Waals surface area contributed by atoms with Crippen LogP contribution in [-0.2, 0) is 7.05 Å². The van der Waals surface area contributed by atoms with Crippen LogP contribution in [-0.4, -0.2) is 23.3 Å². The van der Waals surface area contributed by atoms with Crippen LogP contribution in [0.5, 0.6) is 11.8 Å². The molecule has 0 unspecified atom stereocenters. The molecule has 1 heterocycles. The topological polar surface area (TPSA) is 57.7 Å². The smallest absolute Gasteiger partial charge is 0.299 e. The first-order chi connectivity index (χ1) is 16.1. The number of benzene rings is 2. The summed E-state index contributed by atoms with van der Waals surface area (Å²) >= 11 is 0. The van der Waals surface area contributed by atoms with Crippen LogP contribution in [0.15, 0.2) is 53.3 Å². The highest BCUT2D eigenvalue weighted by molar-refractivity contribution is 5.81. The molecule has 4 rings (SSSR count). The normalized spacial score (nSPS) is 14.3. The molecule has 1 saturated carbocycles. The van der Waals surface area contributed by atoms with Gasteiger partial charge in [-0.2, -0.15) is 4.98 Å². The number of aromatic nitrogens is 2. The van der Waals surface area contributed by atoms with Crippen molar-refractivity contribution in [2.75, 3.05) is 13.7 Å². The molecule has 0 aliphatic heterocycles. The summed E-state index contributed by atoms with van der Waals surface area (Å²) in [5, 5.41) is 0. The Balaban J connectivity index is 1.76. The molecule has 0 spiro atoms. The maximum Gasteiger partial charge on any atom is 0.299 e. The Morgan fingerprint density at radius 2 is 1.64 bits per heavy atom. The van der Waals surface area contributed by atoms with E-state index in [9.17, 15) is 4.79 Å². The Morgan fingerprint density at radius 3 is 2.24 bits per heavy atom. The zero-order valence-corrected chi connectivity index (χ0v) is 19.2. The first-order valence-corrected chi connectivity index (χ1v) is 11.5. The second-order valence-electron chi connectivity index (χ2n) is 8.54. The van der Waals surface area contributed by atoms with E-state index < -0.39 is 0 Å². The van der Waals surface area contributed by atoms with E-state index in [4.69, 9.17) is 21.0 Å². The van der Waals surface area contributed by atoms with Crippen LogP contribution in [0, 0.1) is 12.5 Å². The van der Waals surface area contributed by atoms with E-state index in [0.717, 1.165) is 29.7 Å². The molecular weight excluding hydrogens is 414 g/mol. The van der Waals surface area contributed by atoms with Crippen molar-refractivity contribution >= 4 is 5.69 Å². The van der Waals surface area contributed by atoms with Crippen LogP contribution < -0.4 is 15.0 Å². The second-order valence-corrected chi connectivity index (χ2v) is 8.54. The van der Waals surface area contributed by atoms with E-state index in [-0.39, 0.29) is 5.56 Å². The maximum atomic E-state index is 13.5. The van der Waals surface area contributed by atoms with Crippen LogP contribution in [0.4, 0.5) is 5.69 Å². The summed E-state index contributed by atoms with van der Waals surface area (Å²) in [5.74, 6) is 1.21. The zero-order chi connectivity index (χ0) is 23.2. The van der Waals surface area contributed by atoms with Crippen molar-refractivity contribution in [1.29, 1.82) is 0 Å². The van der Waals surface area contributed by atoms with Gasteiger partial charge in [-0.1, -0.05) is 62.1 Å². The molecule has 3 aromatic rings. The van der Waals surface area contributed by atoms with Crippen LogP contribution in [0.3, 0.4) is 0 Å².